The monoisotopic (exact) mass is 322 g/mol. The third-order valence-electron chi connectivity index (χ3n) is 3.66. The number of nitrogens with zero attached hydrogens (tertiary/aromatic N) is 4. The molecule has 0 aliphatic carbocycles. The van der Waals surface area contributed by atoms with Gasteiger partial charge in [0.05, 0.1) is 16.8 Å². The lowest BCUT2D eigenvalue weighted by molar-refractivity contribution is -0.384. The molecule has 0 unspecified atom stereocenters. The van der Waals surface area contributed by atoms with Crippen LogP contribution in [0.4, 0.5) is 11.4 Å². The zero-order valence-electron chi connectivity index (χ0n) is 12.9. The summed E-state index contributed by atoms with van der Waals surface area (Å²) in [5.41, 5.74) is 2.34. The summed E-state index contributed by atoms with van der Waals surface area (Å²) in [7, 11) is 0. The number of para-hydroxylation sites is 1. The van der Waals surface area contributed by atoms with Crippen molar-refractivity contribution in [2.45, 2.75) is 6.92 Å². The minimum atomic E-state index is -0.473. The van der Waals surface area contributed by atoms with Gasteiger partial charge >= 0.3 is 0 Å². The molecule has 0 bridgehead atoms. The molecule has 0 radical (unpaired) electrons. The van der Waals surface area contributed by atoms with E-state index >= 15 is 0 Å². The van der Waals surface area contributed by atoms with E-state index in [0.717, 1.165) is 11.3 Å². The van der Waals surface area contributed by atoms with Crippen molar-refractivity contribution >= 4 is 29.2 Å². The summed E-state index contributed by atoms with van der Waals surface area (Å²) in [6.45, 7) is 2.44. The van der Waals surface area contributed by atoms with Gasteiger partial charge in [-0.25, -0.2) is 0 Å². The van der Waals surface area contributed by atoms with Crippen molar-refractivity contribution in [1.82, 2.24) is 0 Å². The molecule has 0 fully saturated rings. The third-order valence-corrected chi connectivity index (χ3v) is 3.66. The smallest absolute Gasteiger partial charge is 0.279 e. The first-order valence-corrected chi connectivity index (χ1v) is 7.38. The first kappa shape index (κ1) is 15.5. The summed E-state index contributed by atoms with van der Waals surface area (Å²) in [6.07, 6.45) is 1.39. The van der Waals surface area contributed by atoms with E-state index < -0.39 is 4.92 Å². The molecule has 7 heteroatoms. The molecule has 1 aliphatic heterocycles. The number of non-ortho nitro benzene ring substituents is 1. The molecule has 3 rings (SSSR count). The van der Waals surface area contributed by atoms with E-state index in [1.165, 1.54) is 18.3 Å². The predicted octanol–water partition coefficient (Wildman–Crippen LogP) is 2.78. The van der Waals surface area contributed by atoms with Crippen molar-refractivity contribution in [3.63, 3.8) is 0 Å². The molecule has 24 heavy (non-hydrogen) atoms. The third kappa shape index (κ3) is 2.79. The van der Waals surface area contributed by atoms with E-state index in [-0.39, 0.29) is 17.3 Å². The van der Waals surface area contributed by atoms with E-state index in [1.54, 1.807) is 17.0 Å². The number of hydrogen-bond donors (Lipinski definition) is 0. The molecule has 120 valence electrons. The highest BCUT2D eigenvalue weighted by molar-refractivity contribution is 6.54. The number of carbonyl (C=O) groups is 1. The Balaban J connectivity index is 1.91. The highest BCUT2D eigenvalue weighted by Gasteiger charge is 2.32. The highest BCUT2D eigenvalue weighted by atomic mass is 16.6. The van der Waals surface area contributed by atoms with Crippen molar-refractivity contribution in [2.75, 3.05) is 11.4 Å². The van der Waals surface area contributed by atoms with Crippen LogP contribution in [0.15, 0.2) is 58.7 Å². The Labute approximate surface area is 138 Å². The summed E-state index contributed by atoms with van der Waals surface area (Å²) in [5.74, 6) is -0.199. The number of amides is 1. The number of nitro groups is 1. The molecule has 1 heterocycles. The number of carbonyl (C=O) groups excluding carboxylic acids is 1. The molecule has 0 saturated carbocycles. The summed E-state index contributed by atoms with van der Waals surface area (Å²) in [6, 6.07) is 13.4. The molecular formula is C17H14N4O3. The number of anilines is 1. The lowest BCUT2D eigenvalue weighted by atomic mass is 10.1. The van der Waals surface area contributed by atoms with Crippen LogP contribution in [0.1, 0.15) is 18.1 Å². The van der Waals surface area contributed by atoms with Crippen molar-refractivity contribution in [3.05, 3.63) is 69.8 Å². The van der Waals surface area contributed by atoms with E-state index in [1.807, 2.05) is 31.2 Å². The summed E-state index contributed by atoms with van der Waals surface area (Å²) in [4.78, 5) is 24.3. The minimum Gasteiger partial charge on any atom is -0.307 e. The van der Waals surface area contributed by atoms with E-state index in [0.29, 0.717) is 12.1 Å². The number of likely N-dealkylation sites (N-methyl/N-ethyl adjacent to an activating group) is 1. The van der Waals surface area contributed by atoms with Crippen LogP contribution in [0.25, 0.3) is 0 Å². The van der Waals surface area contributed by atoms with Crippen molar-refractivity contribution < 1.29 is 9.72 Å². The topological polar surface area (TPSA) is 88.2 Å². The minimum absolute atomic E-state index is 0.0222. The van der Waals surface area contributed by atoms with Gasteiger partial charge in [-0.3, -0.25) is 14.9 Å². The number of nitro benzene ring substituents is 1. The Kier molecular flexibility index (Phi) is 4.15. The summed E-state index contributed by atoms with van der Waals surface area (Å²) < 4.78 is 0. The maximum atomic E-state index is 12.4. The fourth-order valence-electron chi connectivity index (χ4n) is 2.54. The first-order valence-electron chi connectivity index (χ1n) is 7.38. The Morgan fingerprint density at radius 1 is 1.21 bits per heavy atom. The van der Waals surface area contributed by atoms with Crippen LogP contribution in [0.3, 0.4) is 0 Å². The van der Waals surface area contributed by atoms with Crippen LogP contribution in [-0.2, 0) is 4.79 Å². The molecule has 0 atom stereocenters. The predicted molar refractivity (Wildman–Crippen MR) is 91.7 cm³/mol. The largest absolute Gasteiger partial charge is 0.307 e. The SMILES string of the molecule is CCN1C(=O)/C(=N/N=C\c2cccc([N+](=O)[O-])c2)c2ccccc21. The molecule has 7 nitrogen and oxygen atoms in total. The van der Waals surface area contributed by atoms with Crippen LogP contribution in [0, 0.1) is 10.1 Å². The van der Waals surface area contributed by atoms with Gasteiger partial charge in [-0.05, 0) is 13.0 Å². The zero-order chi connectivity index (χ0) is 17.1. The van der Waals surface area contributed by atoms with Gasteiger partial charge in [0.1, 0.15) is 0 Å². The van der Waals surface area contributed by atoms with Gasteiger partial charge in [0.25, 0.3) is 11.6 Å². The second-order valence-corrected chi connectivity index (χ2v) is 5.11. The van der Waals surface area contributed by atoms with E-state index in [4.69, 9.17) is 0 Å². The Hall–Kier alpha value is -3.35. The second-order valence-electron chi connectivity index (χ2n) is 5.11. The zero-order valence-corrected chi connectivity index (χ0v) is 12.9. The van der Waals surface area contributed by atoms with Crippen LogP contribution >= 0.6 is 0 Å². The Morgan fingerprint density at radius 3 is 2.75 bits per heavy atom. The van der Waals surface area contributed by atoms with Gasteiger partial charge in [-0.15, -0.1) is 5.10 Å². The van der Waals surface area contributed by atoms with Crippen molar-refractivity contribution in [3.8, 4) is 0 Å². The maximum absolute atomic E-state index is 12.4. The molecule has 1 aliphatic rings. The molecule has 0 aromatic heterocycles. The van der Waals surface area contributed by atoms with Gasteiger partial charge < -0.3 is 4.90 Å². The average molecular weight is 322 g/mol. The fourth-order valence-corrected chi connectivity index (χ4v) is 2.54. The van der Waals surface area contributed by atoms with E-state index in [9.17, 15) is 14.9 Å². The van der Waals surface area contributed by atoms with Crippen LogP contribution in [-0.4, -0.2) is 29.3 Å². The fraction of sp³-hybridized carbons (Fsp3) is 0.118. The second kappa shape index (κ2) is 6.41. The summed E-state index contributed by atoms with van der Waals surface area (Å²) >= 11 is 0. The molecule has 0 N–H and O–H groups in total. The number of rotatable bonds is 4. The average Bonchev–Trinajstić information content (AvgIpc) is 2.86. The van der Waals surface area contributed by atoms with Gasteiger partial charge in [-0.2, -0.15) is 5.10 Å². The van der Waals surface area contributed by atoms with Crippen molar-refractivity contribution in [1.29, 1.82) is 0 Å². The molecule has 0 saturated heterocycles. The van der Waals surface area contributed by atoms with Gasteiger partial charge in [0, 0.05) is 29.8 Å². The van der Waals surface area contributed by atoms with Gasteiger partial charge in [0.2, 0.25) is 0 Å². The first-order chi connectivity index (χ1) is 11.6. The lowest BCUT2D eigenvalue weighted by Crippen LogP contribution is -2.29. The lowest BCUT2D eigenvalue weighted by Gasteiger charge is -2.12. The summed E-state index contributed by atoms with van der Waals surface area (Å²) in [5, 5.41) is 18.7. The standard InChI is InChI=1S/C17H14N4O3/c1-2-20-15-9-4-3-8-14(15)16(17(20)22)19-18-11-12-6-5-7-13(10-12)21(23)24/h3-11H,2H2,1H3/b18-11-,19-16+. The maximum Gasteiger partial charge on any atom is 0.279 e. The van der Waals surface area contributed by atoms with Crippen LogP contribution < -0.4 is 4.90 Å². The van der Waals surface area contributed by atoms with Crippen LogP contribution in [0.5, 0.6) is 0 Å². The Bertz CT molecular complexity index is 874. The van der Waals surface area contributed by atoms with E-state index in [2.05, 4.69) is 10.2 Å². The van der Waals surface area contributed by atoms with Crippen LogP contribution in [0.2, 0.25) is 0 Å². The number of benzene rings is 2. The molecule has 2 aromatic rings. The number of hydrogen-bond acceptors (Lipinski definition) is 5. The molecule has 1 amide bonds. The quantitative estimate of drug-likeness (QED) is 0.492. The van der Waals surface area contributed by atoms with Crippen molar-refractivity contribution in [2.24, 2.45) is 10.2 Å². The Morgan fingerprint density at radius 2 is 2.00 bits per heavy atom. The van der Waals surface area contributed by atoms with Gasteiger partial charge in [-0.1, -0.05) is 30.3 Å². The molecule has 0 spiro atoms. The normalized spacial score (nSPS) is 15.3. The molecular weight excluding hydrogens is 308 g/mol. The number of fused-ring (bicyclic) bond motifs is 1. The van der Waals surface area contributed by atoms with Gasteiger partial charge in [0.15, 0.2) is 5.71 Å². The highest BCUT2D eigenvalue weighted by Crippen LogP contribution is 2.28. The molecule has 2 aromatic carbocycles.